The lowest BCUT2D eigenvalue weighted by Gasteiger charge is -2.34. The first-order chi connectivity index (χ1) is 6.78. The summed E-state index contributed by atoms with van der Waals surface area (Å²) in [6, 6.07) is 2.36. The molecule has 0 aliphatic heterocycles. The summed E-state index contributed by atoms with van der Waals surface area (Å²) < 4.78 is 6.00. The van der Waals surface area contributed by atoms with Crippen LogP contribution in [-0.4, -0.2) is 29.2 Å². The SMILES string of the molecule is COC1CC(Nc2cc(Br)ncn2)C1. The van der Waals surface area contributed by atoms with Crippen molar-refractivity contribution in [1.29, 1.82) is 0 Å². The molecule has 4 nitrogen and oxygen atoms in total. The minimum atomic E-state index is 0.415. The molecule has 14 heavy (non-hydrogen) atoms. The maximum absolute atomic E-state index is 5.20. The molecule has 0 amide bonds. The predicted octanol–water partition coefficient (Wildman–Crippen LogP) is 1.83. The van der Waals surface area contributed by atoms with Crippen LogP contribution in [0.15, 0.2) is 17.0 Å². The molecule has 1 saturated carbocycles. The van der Waals surface area contributed by atoms with E-state index < -0.39 is 0 Å². The number of nitrogens with one attached hydrogen (secondary N) is 1. The summed E-state index contributed by atoms with van der Waals surface area (Å²) in [4.78, 5) is 8.08. The van der Waals surface area contributed by atoms with Crippen LogP contribution >= 0.6 is 15.9 Å². The smallest absolute Gasteiger partial charge is 0.130 e. The maximum atomic E-state index is 5.20. The Bertz CT molecular complexity index is 315. The van der Waals surface area contributed by atoms with E-state index in [4.69, 9.17) is 4.74 Å². The van der Waals surface area contributed by atoms with Gasteiger partial charge in [-0.25, -0.2) is 9.97 Å². The summed E-state index contributed by atoms with van der Waals surface area (Å²) >= 11 is 3.30. The van der Waals surface area contributed by atoms with E-state index in [2.05, 4.69) is 31.2 Å². The molecular weight excluding hydrogens is 246 g/mol. The van der Waals surface area contributed by atoms with Gasteiger partial charge in [-0.3, -0.25) is 0 Å². The highest BCUT2D eigenvalue weighted by molar-refractivity contribution is 9.10. The van der Waals surface area contributed by atoms with Crippen molar-refractivity contribution in [3.63, 3.8) is 0 Å². The first kappa shape index (κ1) is 9.86. The summed E-state index contributed by atoms with van der Waals surface area (Å²) in [6.07, 6.45) is 4.06. The minimum absolute atomic E-state index is 0.415. The quantitative estimate of drug-likeness (QED) is 0.840. The molecule has 2 rings (SSSR count). The first-order valence-electron chi connectivity index (χ1n) is 4.55. The van der Waals surface area contributed by atoms with Crippen LogP contribution in [0.5, 0.6) is 0 Å². The number of aromatic nitrogens is 2. The number of halogens is 1. The molecule has 76 valence electrons. The zero-order chi connectivity index (χ0) is 9.97. The molecule has 1 aromatic heterocycles. The second-order valence-electron chi connectivity index (χ2n) is 3.40. The number of anilines is 1. The molecule has 5 heteroatoms. The minimum Gasteiger partial charge on any atom is -0.381 e. The number of ether oxygens (including phenoxy) is 1. The predicted molar refractivity (Wildman–Crippen MR) is 57.2 cm³/mol. The standard InChI is InChI=1S/C9H12BrN3O/c1-14-7-2-6(3-7)13-9-4-8(10)11-5-12-9/h4-7H,2-3H2,1H3,(H,11,12,13). The monoisotopic (exact) mass is 257 g/mol. The summed E-state index contributed by atoms with van der Waals surface area (Å²) in [5.41, 5.74) is 0. The van der Waals surface area contributed by atoms with Crippen molar-refractivity contribution in [3.05, 3.63) is 17.0 Å². The fourth-order valence-electron chi connectivity index (χ4n) is 1.50. The summed E-state index contributed by atoms with van der Waals surface area (Å²) in [7, 11) is 1.75. The van der Waals surface area contributed by atoms with E-state index in [0.717, 1.165) is 23.3 Å². The van der Waals surface area contributed by atoms with Crippen LogP contribution in [0.25, 0.3) is 0 Å². The Kier molecular flexibility index (Phi) is 2.98. The van der Waals surface area contributed by atoms with Crippen molar-refractivity contribution in [1.82, 2.24) is 9.97 Å². The lowest BCUT2D eigenvalue weighted by molar-refractivity contribution is 0.0328. The van der Waals surface area contributed by atoms with Crippen LogP contribution in [0.3, 0.4) is 0 Å². The number of hydrogen-bond donors (Lipinski definition) is 1. The highest BCUT2D eigenvalue weighted by Gasteiger charge is 2.28. The molecule has 1 aromatic rings. The molecule has 1 aliphatic carbocycles. The molecule has 1 N–H and O–H groups in total. The van der Waals surface area contributed by atoms with Crippen LogP contribution in [0, 0.1) is 0 Å². The van der Waals surface area contributed by atoms with Crippen molar-refractivity contribution in [2.24, 2.45) is 0 Å². The molecule has 0 aromatic carbocycles. The lowest BCUT2D eigenvalue weighted by Crippen LogP contribution is -2.40. The van der Waals surface area contributed by atoms with E-state index in [-0.39, 0.29) is 0 Å². The van der Waals surface area contributed by atoms with Crippen molar-refractivity contribution < 1.29 is 4.74 Å². The number of hydrogen-bond acceptors (Lipinski definition) is 4. The fraction of sp³-hybridized carbons (Fsp3) is 0.556. The average Bonchev–Trinajstić information content (AvgIpc) is 2.10. The van der Waals surface area contributed by atoms with E-state index in [1.165, 1.54) is 0 Å². The van der Waals surface area contributed by atoms with E-state index >= 15 is 0 Å². The van der Waals surface area contributed by atoms with Crippen LogP contribution in [0.2, 0.25) is 0 Å². The van der Waals surface area contributed by atoms with Gasteiger partial charge in [-0.2, -0.15) is 0 Å². The van der Waals surface area contributed by atoms with Gasteiger partial charge in [0.2, 0.25) is 0 Å². The van der Waals surface area contributed by atoms with Gasteiger partial charge in [0, 0.05) is 19.2 Å². The molecule has 0 spiro atoms. The van der Waals surface area contributed by atoms with Gasteiger partial charge < -0.3 is 10.1 Å². The van der Waals surface area contributed by atoms with Gasteiger partial charge in [0.1, 0.15) is 16.7 Å². The zero-order valence-corrected chi connectivity index (χ0v) is 9.49. The molecular formula is C9H12BrN3O. The molecule has 0 atom stereocenters. The molecule has 0 unspecified atom stereocenters. The van der Waals surface area contributed by atoms with E-state index in [1.807, 2.05) is 6.07 Å². The molecule has 1 fully saturated rings. The average molecular weight is 258 g/mol. The summed E-state index contributed by atoms with van der Waals surface area (Å²) in [5, 5.41) is 3.32. The van der Waals surface area contributed by atoms with E-state index in [1.54, 1.807) is 13.4 Å². The van der Waals surface area contributed by atoms with Crippen LogP contribution in [0.4, 0.5) is 5.82 Å². The fourth-order valence-corrected chi connectivity index (χ4v) is 1.81. The largest absolute Gasteiger partial charge is 0.381 e. The first-order valence-corrected chi connectivity index (χ1v) is 5.34. The number of rotatable bonds is 3. The Morgan fingerprint density at radius 3 is 2.93 bits per heavy atom. The van der Waals surface area contributed by atoms with E-state index in [0.29, 0.717) is 12.1 Å². The number of nitrogens with zero attached hydrogens (tertiary/aromatic N) is 2. The Hall–Kier alpha value is -0.680. The van der Waals surface area contributed by atoms with Gasteiger partial charge in [0.05, 0.1) is 6.10 Å². The van der Waals surface area contributed by atoms with Crippen molar-refractivity contribution in [2.45, 2.75) is 25.0 Å². The molecule has 0 radical (unpaired) electrons. The molecule has 1 heterocycles. The Morgan fingerprint density at radius 1 is 1.50 bits per heavy atom. The van der Waals surface area contributed by atoms with Crippen molar-refractivity contribution >= 4 is 21.7 Å². The van der Waals surface area contributed by atoms with Gasteiger partial charge >= 0.3 is 0 Å². The van der Waals surface area contributed by atoms with Gasteiger partial charge in [-0.05, 0) is 28.8 Å². The molecule has 1 aliphatic rings. The van der Waals surface area contributed by atoms with Crippen molar-refractivity contribution in [3.8, 4) is 0 Å². The number of methoxy groups -OCH3 is 1. The summed E-state index contributed by atoms with van der Waals surface area (Å²) in [5.74, 6) is 0.867. The van der Waals surface area contributed by atoms with Gasteiger partial charge in [0.25, 0.3) is 0 Å². The Balaban J connectivity index is 1.87. The maximum Gasteiger partial charge on any atom is 0.130 e. The Labute approximate surface area is 91.2 Å². The third kappa shape index (κ3) is 2.22. The second-order valence-corrected chi connectivity index (χ2v) is 4.21. The van der Waals surface area contributed by atoms with Crippen molar-refractivity contribution in [2.75, 3.05) is 12.4 Å². The van der Waals surface area contributed by atoms with Crippen LogP contribution in [-0.2, 0) is 4.74 Å². The highest BCUT2D eigenvalue weighted by atomic mass is 79.9. The molecule has 0 saturated heterocycles. The van der Waals surface area contributed by atoms with Crippen LogP contribution < -0.4 is 5.32 Å². The topological polar surface area (TPSA) is 47.0 Å². The third-order valence-corrected chi connectivity index (χ3v) is 2.85. The second kappa shape index (κ2) is 4.23. The lowest BCUT2D eigenvalue weighted by atomic mass is 9.89. The molecule has 0 bridgehead atoms. The van der Waals surface area contributed by atoms with Gasteiger partial charge in [-0.15, -0.1) is 0 Å². The van der Waals surface area contributed by atoms with Crippen LogP contribution in [0.1, 0.15) is 12.8 Å². The van der Waals surface area contributed by atoms with Gasteiger partial charge in [0.15, 0.2) is 0 Å². The van der Waals surface area contributed by atoms with Gasteiger partial charge in [-0.1, -0.05) is 0 Å². The van der Waals surface area contributed by atoms with E-state index in [9.17, 15) is 0 Å². The zero-order valence-electron chi connectivity index (χ0n) is 7.90. The highest BCUT2D eigenvalue weighted by Crippen LogP contribution is 2.25. The summed E-state index contributed by atoms with van der Waals surface area (Å²) in [6.45, 7) is 0. The normalized spacial score (nSPS) is 25.6. The Morgan fingerprint density at radius 2 is 2.29 bits per heavy atom. The third-order valence-electron chi connectivity index (χ3n) is 2.41.